The molecule has 1 aromatic rings. The van der Waals surface area contributed by atoms with Crippen LogP contribution in [0.3, 0.4) is 0 Å². The number of aromatic nitrogens is 1. The maximum atomic E-state index is 11.1. The standard InChI is InChI=1S/C8H5N3O3/c12-7-5(8(13)14)10-4-2-1-3-9-6(4)11-7/h1-3,5H,(H,13,14). The number of aliphatic carboxylic acids is 1. The summed E-state index contributed by atoms with van der Waals surface area (Å²) in [6, 6.07) is 1.74. The first-order valence-electron chi connectivity index (χ1n) is 3.83. The molecule has 0 spiro atoms. The molecule has 6 heteroatoms. The van der Waals surface area contributed by atoms with Gasteiger partial charge in [0.15, 0.2) is 5.49 Å². The van der Waals surface area contributed by atoms with Crippen molar-refractivity contribution in [2.75, 3.05) is 0 Å². The zero-order valence-electron chi connectivity index (χ0n) is 6.91. The summed E-state index contributed by atoms with van der Waals surface area (Å²) in [6.07, 6.45) is 1.46. The Morgan fingerprint density at radius 3 is 3.00 bits per heavy atom. The minimum atomic E-state index is -1.42. The molecule has 0 saturated heterocycles. The van der Waals surface area contributed by atoms with E-state index < -0.39 is 17.9 Å². The number of hydrogen-bond donors (Lipinski definition) is 1. The van der Waals surface area contributed by atoms with Gasteiger partial charge in [0, 0.05) is 6.20 Å². The van der Waals surface area contributed by atoms with Crippen molar-refractivity contribution in [1.82, 2.24) is 4.98 Å². The van der Waals surface area contributed by atoms with Gasteiger partial charge in [-0.2, -0.15) is 4.99 Å². The average molecular weight is 191 g/mol. The van der Waals surface area contributed by atoms with Gasteiger partial charge >= 0.3 is 5.97 Å². The number of carboxylic acid groups (broad SMARTS) is 1. The second-order valence-corrected chi connectivity index (χ2v) is 2.67. The van der Waals surface area contributed by atoms with E-state index in [2.05, 4.69) is 15.0 Å². The number of amides is 1. The van der Waals surface area contributed by atoms with E-state index in [1.165, 1.54) is 6.20 Å². The van der Waals surface area contributed by atoms with Crippen LogP contribution in [-0.4, -0.2) is 28.0 Å². The topological polar surface area (TPSA) is 92.0 Å². The highest BCUT2D eigenvalue weighted by Crippen LogP contribution is 1.95. The zero-order chi connectivity index (χ0) is 10.1. The first-order valence-corrected chi connectivity index (χ1v) is 3.83. The molecule has 6 nitrogen and oxygen atoms in total. The average Bonchev–Trinajstić information content (AvgIpc) is 2.16. The smallest absolute Gasteiger partial charge is 0.338 e. The van der Waals surface area contributed by atoms with Gasteiger partial charge in [0.25, 0.3) is 5.91 Å². The number of hydrogen-bond acceptors (Lipinski definition) is 4. The molecular formula is C8H5N3O3. The van der Waals surface area contributed by atoms with Gasteiger partial charge in [0.1, 0.15) is 5.36 Å². The molecule has 0 aliphatic carbocycles. The van der Waals surface area contributed by atoms with Crippen molar-refractivity contribution in [3.05, 3.63) is 29.2 Å². The van der Waals surface area contributed by atoms with Crippen LogP contribution in [0.4, 0.5) is 0 Å². The normalized spacial score (nSPS) is 19.1. The highest BCUT2D eigenvalue weighted by molar-refractivity contribution is 6.02. The van der Waals surface area contributed by atoms with Crippen LogP contribution in [-0.2, 0) is 9.59 Å². The van der Waals surface area contributed by atoms with E-state index in [1.54, 1.807) is 12.1 Å². The van der Waals surface area contributed by atoms with Gasteiger partial charge in [-0.1, -0.05) is 0 Å². The number of carboxylic acids is 1. The van der Waals surface area contributed by atoms with E-state index in [-0.39, 0.29) is 5.49 Å². The van der Waals surface area contributed by atoms with E-state index in [0.29, 0.717) is 5.36 Å². The number of fused-ring (bicyclic) bond motifs is 1. The molecular weight excluding hydrogens is 186 g/mol. The summed E-state index contributed by atoms with van der Waals surface area (Å²) in [6.45, 7) is 0. The molecule has 1 aliphatic heterocycles. The van der Waals surface area contributed by atoms with Crippen LogP contribution in [0.1, 0.15) is 0 Å². The summed E-state index contributed by atoms with van der Waals surface area (Å²) in [5, 5.41) is 8.97. The maximum absolute atomic E-state index is 11.1. The molecule has 14 heavy (non-hydrogen) atoms. The van der Waals surface area contributed by atoms with Crippen LogP contribution in [0.5, 0.6) is 0 Å². The first-order chi connectivity index (χ1) is 6.68. The lowest BCUT2D eigenvalue weighted by atomic mass is 10.2. The fraction of sp³-hybridized carbons (Fsp3) is 0.125. The summed E-state index contributed by atoms with van der Waals surface area (Å²) in [4.78, 5) is 32.7. The lowest BCUT2D eigenvalue weighted by Gasteiger charge is -2.05. The van der Waals surface area contributed by atoms with Gasteiger partial charge in [-0.25, -0.2) is 9.78 Å². The second-order valence-electron chi connectivity index (χ2n) is 2.67. The lowest BCUT2D eigenvalue weighted by Crippen LogP contribution is -2.41. The monoisotopic (exact) mass is 191 g/mol. The summed E-state index contributed by atoms with van der Waals surface area (Å²) in [7, 11) is 0. The lowest BCUT2D eigenvalue weighted by molar-refractivity contribution is -0.142. The largest absolute Gasteiger partial charge is 0.479 e. The molecule has 1 aromatic heterocycles. The van der Waals surface area contributed by atoms with Gasteiger partial charge in [0.2, 0.25) is 6.04 Å². The van der Waals surface area contributed by atoms with E-state index >= 15 is 0 Å². The van der Waals surface area contributed by atoms with Crippen molar-refractivity contribution < 1.29 is 14.7 Å². The molecule has 1 amide bonds. The number of carbonyl (C=O) groups is 2. The Morgan fingerprint density at radius 1 is 1.50 bits per heavy atom. The summed E-state index contributed by atoms with van der Waals surface area (Å²) in [5.74, 6) is -2.09. The Labute approximate surface area is 77.6 Å². The molecule has 2 rings (SSSR count). The van der Waals surface area contributed by atoms with Crippen LogP contribution in [0.15, 0.2) is 28.3 Å². The van der Waals surface area contributed by atoms with Gasteiger partial charge in [0.05, 0.1) is 0 Å². The molecule has 1 aliphatic rings. The SMILES string of the molecule is O=C(O)C1N=c2cccnc2=NC1=O. The molecule has 1 atom stereocenters. The van der Waals surface area contributed by atoms with Gasteiger partial charge < -0.3 is 5.11 Å². The summed E-state index contributed by atoms with van der Waals surface area (Å²) in [5.41, 5.74) is 0.176. The predicted molar refractivity (Wildman–Crippen MR) is 43.0 cm³/mol. The van der Waals surface area contributed by atoms with Crippen LogP contribution in [0.25, 0.3) is 0 Å². The molecule has 0 aromatic carbocycles. The molecule has 0 fully saturated rings. The Hall–Kier alpha value is -2.11. The fourth-order valence-corrected chi connectivity index (χ4v) is 1.10. The minimum absolute atomic E-state index is 0.176. The Kier molecular flexibility index (Phi) is 1.81. The van der Waals surface area contributed by atoms with Crippen LogP contribution in [0, 0.1) is 0 Å². The third-order valence-corrected chi connectivity index (χ3v) is 1.72. The predicted octanol–water partition coefficient (Wildman–Crippen LogP) is -1.69. The molecule has 70 valence electrons. The Morgan fingerprint density at radius 2 is 2.29 bits per heavy atom. The number of pyridine rings is 1. The first kappa shape index (κ1) is 8.49. The van der Waals surface area contributed by atoms with Crippen molar-refractivity contribution in [1.29, 1.82) is 0 Å². The minimum Gasteiger partial charge on any atom is -0.479 e. The summed E-state index contributed by atoms with van der Waals surface area (Å²) >= 11 is 0. The van der Waals surface area contributed by atoms with E-state index in [0.717, 1.165) is 0 Å². The van der Waals surface area contributed by atoms with Crippen LogP contribution < -0.4 is 10.8 Å². The second kappa shape index (κ2) is 2.99. The molecule has 0 radical (unpaired) electrons. The quantitative estimate of drug-likeness (QED) is 0.536. The fourth-order valence-electron chi connectivity index (χ4n) is 1.10. The molecule has 1 unspecified atom stereocenters. The number of nitrogens with zero attached hydrogens (tertiary/aromatic N) is 3. The van der Waals surface area contributed by atoms with Crippen LogP contribution in [0.2, 0.25) is 0 Å². The zero-order valence-corrected chi connectivity index (χ0v) is 6.91. The Balaban J connectivity index is 2.67. The van der Waals surface area contributed by atoms with Gasteiger partial charge in [-0.3, -0.25) is 9.79 Å². The van der Waals surface area contributed by atoms with E-state index in [9.17, 15) is 9.59 Å². The van der Waals surface area contributed by atoms with E-state index in [1.807, 2.05) is 0 Å². The van der Waals surface area contributed by atoms with E-state index in [4.69, 9.17) is 5.11 Å². The van der Waals surface area contributed by atoms with Crippen LogP contribution >= 0.6 is 0 Å². The molecule has 0 bridgehead atoms. The van der Waals surface area contributed by atoms with Gasteiger partial charge in [-0.05, 0) is 12.1 Å². The van der Waals surface area contributed by atoms with Crippen molar-refractivity contribution >= 4 is 11.9 Å². The van der Waals surface area contributed by atoms with Crippen molar-refractivity contribution in [2.45, 2.75) is 6.04 Å². The molecule has 2 heterocycles. The van der Waals surface area contributed by atoms with Crippen molar-refractivity contribution in [2.24, 2.45) is 9.98 Å². The Bertz CT molecular complexity index is 523. The van der Waals surface area contributed by atoms with Crippen molar-refractivity contribution in [3.8, 4) is 0 Å². The number of rotatable bonds is 1. The number of carbonyl (C=O) groups excluding carboxylic acids is 1. The van der Waals surface area contributed by atoms with Gasteiger partial charge in [-0.15, -0.1) is 0 Å². The molecule has 1 N–H and O–H groups in total. The maximum Gasteiger partial charge on any atom is 0.338 e. The highest BCUT2D eigenvalue weighted by Gasteiger charge is 2.27. The third kappa shape index (κ3) is 1.26. The highest BCUT2D eigenvalue weighted by atomic mass is 16.4. The third-order valence-electron chi connectivity index (χ3n) is 1.72. The molecule has 0 saturated carbocycles. The van der Waals surface area contributed by atoms with Crippen molar-refractivity contribution in [3.63, 3.8) is 0 Å². The summed E-state index contributed by atoms with van der Waals surface area (Å²) < 4.78 is 0.